The number of nitrogens with one attached hydrogen (secondary N) is 2. The van der Waals surface area contributed by atoms with Crippen molar-refractivity contribution >= 4 is 23.3 Å². The molecular weight excluding hydrogens is 501 g/mol. The Labute approximate surface area is 215 Å². The molecule has 12 heteroatoms. The minimum absolute atomic E-state index is 0.0254. The lowest BCUT2D eigenvalue weighted by molar-refractivity contribution is -0.137. The van der Waals surface area contributed by atoms with Crippen molar-refractivity contribution in [2.24, 2.45) is 0 Å². The maximum Gasteiger partial charge on any atom is 0.416 e. The van der Waals surface area contributed by atoms with E-state index in [9.17, 15) is 22.8 Å². The number of aromatic nitrogens is 3. The van der Waals surface area contributed by atoms with Crippen molar-refractivity contribution in [2.45, 2.75) is 13.1 Å². The van der Waals surface area contributed by atoms with E-state index in [1.807, 2.05) is 0 Å². The molecule has 2 aromatic carbocycles. The molecular formula is C26H23F3N6O3. The number of benzene rings is 2. The smallest absolute Gasteiger partial charge is 0.416 e. The minimum Gasteiger partial charge on any atom is -0.457 e. The number of rotatable bonds is 6. The van der Waals surface area contributed by atoms with Crippen molar-refractivity contribution in [3.8, 4) is 17.2 Å². The highest BCUT2D eigenvalue weighted by molar-refractivity contribution is 6.01. The first-order chi connectivity index (χ1) is 18.0. The number of imidazole rings is 1. The molecule has 38 heavy (non-hydrogen) atoms. The van der Waals surface area contributed by atoms with Crippen LogP contribution in [0.2, 0.25) is 0 Å². The van der Waals surface area contributed by atoms with Crippen molar-refractivity contribution in [2.75, 3.05) is 24.3 Å². The van der Waals surface area contributed by atoms with Gasteiger partial charge in [0.25, 0.3) is 5.91 Å². The number of alkyl halides is 3. The lowest BCUT2D eigenvalue weighted by Crippen LogP contribution is -2.31. The van der Waals surface area contributed by atoms with E-state index in [0.29, 0.717) is 22.9 Å². The Morgan fingerprint density at radius 1 is 1.00 bits per heavy atom. The van der Waals surface area contributed by atoms with Gasteiger partial charge in [0, 0.05) is 49.6 Å². The fourth-order valence-corrected chi connectivity index (χ4v) is 3.48. The first-order valence-electron chi connectivity index (χ1n) is 11.3. The number of hydrogen-bond acceptors (Lipinski definition) is 5. The second-order valence-corrected chi connectivity index (χ2v) is 8.23. The van der Waals surface area contributed by atoms with Gasteiger partial charge in [0.2, 0.25) is 0 Å². The Kier molecular flexibility index (Phi) is 7.33. The molecule has 196 valence electrons. The van der Waals surface area contributed by atoms with Crippen LogP contribution in [-0.2, 0) is 6.18 Å². The van der Waals surface area contributed by atoms with E-state index in [0.717, 1.165) is 12.1 Å². The molecule has 0 fully saturated rings. The van der Waals surface area contributed by atoms with Crippen LogP contribution in [-0.4, -0.2) is 40.6 Å². The summed E-state index contributed by atoms with van der Waals surface area (Å²) >= 11 is 0. The highest BCUT2D eigenvalue weighted by Crippen LogP contribution is 2.33. The standard InChI is InChI=1S/C26H23F3N6O3/c1-16-14-35(15-32-16)20-11-17(26(27,28)29)10-18(12-20)33-25(37)34(3)19-4-6-21(7-5-19)38-22-8-9-31-23(13-22)24(36)30-2/h4-15H,1-3H3,(H,30,36)(H,33,37). The monoisotopic (exact) mass is 524 g/mol. The zero-order valence-corrected chi connectivity index (χ0v) is 20.6. The Balaban J connectivity index is 1.49. The van der Waals surface area contributed by atoms with Gasteiger partial charge in [-0.15, -0.1) is 0 Å². The number of aryl methyl sites for hydroxylation is 1. The van der Waals surface area contributed by atoms with E-state index in [-0.39, 0.29) is 23.0 Å². The number of anilines is 2. The van der Waals surface area contributed by atoms with Crippen LogP contribution < -0.4 is 20.3 Å². The van der Waals surface area contributed by atoms with E-state index in [2.05, 4.69) is 20.6 Å². The van der Waals surface area contributed by atoms with E-state index >= 15 is 0 Å². The zero-order chi connectivity index (χ0) is 27.4. The van der Waals surface area contributed by atoms with Gasteiger partial charge < -0.3 is 19.9 Å². The molecule has 4 aromatic rings. The molecule has 0 aliphatic carbocycles. The highest BCUT2D eigenvalue weighted by atomic mass is 19.4. The second kappa shape index (κ2) is 10.6. The van der Waals surface area contributed by atoms with Gasteiger partial charge in [-0.25, -0.2) is 9.78 Å². The molecule has 2 heterocycles. The summed E-state index contributed by atoms with van der Waals surface area (Å²) < 4.78 is 47.8. The van der Waals surface area contributed by atoms with Crippen LogP contribution in [0.5, 0.6) is 11.5 Å². The van der Waals surface area contributed by atoms with Gasteiger partial charge in [-0.05, 0) is 55.5 Å². The van der Waals surface area contributed by atoms with E-state index in [4.69, 9.17) is 4.74 Å². The molecule has 0 saturated carbocycles. The summed E-state index contributed by atoms with van der Waals surface area (Å²) in [4.78, 5) is 33.9. The number of carbonyl (C=O) groups is 2. The molecule has 9 nitrogen and oxygen atoms in total. The fraction of sp³-hybridized carbons (Fsp3) is 0.154. The molecule has 0 atom stereocenters. The molecule has 0 radical (unpaired) electrons. The van der Waals surface area contributed by atoms with Crippen LogP contribution in [0.4, 0.5) is 29.3 Å². The lowest BCUT2D eigenvalue weighted by Gasteiger charge is -2.20. The largest absolute Gasteiger partial charge is 0.457 e. The van der Waals surface area contributed by atoms with Crippen LogP contribution in [0.15, 0.2) is 73.3 Å². The molecule has 0 aliphatic heterocycles. The summed E-state index contributed by atoms with van der Waals surface area (Å²) in [6.45, 7) is 1.72. The summed E-state index contributed by atoms with van der Waals surface area (Å²) in [5.41, 5.74) is 0.567. The topological polar surface area (TPSA) is 101 Å². The van der Waals surface area contributed by atoms with Crippen molar-refractivity contribution in [1.29, 1.82) is 0 Å². The molecule has 0 unspecified atom stereocenters. The molecule has 0 spiro atoms. The van der Waals surface area contributed by atoms with Gasteiger partial charge in [-0.3, -0.25) is 14.7 Å². The Bertz CT molecular complexity index is 1470. The van der Waals surface area contributed by atoms with Crippen molar-refractivity contribution in [1.82, 2.24) is 19.9 Å². The number of ether oxygens (including phenoxy) is 1. The highest BCUT2D eigenvalue weighted by Gasteiger charge is 2.31. The summed E-state index contributed by atoms with van der Waals surface area (Å²) in [6.07, 6.45) is -0.179. The van der Waals surface area contributed by atoms with Crippen molar-refractivity contribution in [3.05, 3.63) is 90.3 Å². The Morgan fingerprint density at radius 2 is 1.74 bits per heavy atom. The molecule has 2 aromatic heterocycles. The third kappa shape index (κ3) is 6.09. The number of carbonyl (C=O) groups excluding carboxylic acids is 2. The Hall–Kier alpha value is -4.87. The summed E-state index contributed by atoms with van der Waals surface area (Å²) in [7, 11) is 2.98. The number of amides is 3. The van der Waals surface area contributed by atoms with Crippen molar-refractivity contribution < 1.29 is 27.5 Å². The number of pyridine rings is 1. The third-order valence-electron chi connectivity index (χ3n) is 5.46. The van der Waals surface area contributed by atoms with E-state index in [1.54, 1.807) is 43.5 Å². The molecule has 0 bridgehead atoms. The average molecular weight is 525 g/mol. The zero-order valence-electron chi connectivity index (χ0n) is 20.6. The van der Waals surface area contributed by atoms with Gasteiger partial charge in [0.15, 0.2) is 0 Å². The molecule has 4 rings (SSSR count). The Morgan fingerprint density at radius 3 is 2.37 bits per heavy atom. The summed E-state index contributed by atoms with van der Waals surface area (Å²) in [5, 5.41) is 5.01. The van der Waals surface area contributed by atoms with Gasteiger partial charge in [-0.2, -0.15) is 13.2 Å². The molecule has 2 N–H and O–H groups in total. The van der Waals surface area contributed by atoms with Gasteiger partial charge in [-0.1, -0.05) is 0 Å². The maximum absolute atomic E-state index is 13.5. The third-order valence-corrected chi connectivity index (χ3v) is 5.46. The van der Waals surface area contributed by atoms with E-state index < -0.39 is 17.8 Å². The van der Waals surface area contributed by atoms with Crippen LogP contribution in [0.3, 0.4) is 0 Å². The summed E-state index contributed by atoms with van der Waals surface area (Å²) in [6, 6.07) is 12.2. The van der Waals surface area contributed by atoms with E-state index in [1.165, 1.54) is 48.2 Å². The molecule has 0 saturated heterocycles. The number of hydrogen-bond donors (Lipinski definition) is 2. The van der Waals surface area contributed by atoms with Gasteiger partial charge >= 0.3 is 12.2 Å². The first-order valence-corrected chi connectivity index (χ1v) is 11.3. The quantitative estimate of drug-likeness (QED) is 0.351. The predicted molar refractivity (Wildman–Crippen MR) is 135 cm³/mol. The van der Waals surface area contributed by atoms with Crippen LogP contribution >= 0.6 is 0 Å². The number of nitrogens with zero attached hydrogens (tertiary/aromatic N) is 4. The molecule has 0 aliphatic rings. The SMILES string of the molecule is CNC(=O)c1cc(Oc2ccc(N(C)C(=O)Nc3cc(-n4cnc(C)c4)cc(C(F)(F)F)c3)cc2)ccn1. The number of urea groups is 1. The van der Waals surface area contributed by atoms with Crippen LogP contribution in [0.25, 0.3) is 5.69 Å². The number of halogens is 3. The second-order valence-electron chi connectivity index (χ2n) is 8.23. The minimum atomic E-state index is -4.61. The van der Waals surface area contributed by atoms with Crippen LogP contribution in [0.1, 0.15) is 21.7 Å². The first kappa shape index (κ1) is 26.2. The average Bonchev–Trinajstić information content (AvgIpc) is 3.34. The fourth-order valence-electron chi connectivity index (χ4n) is 3.48. The lowest BCUT2D eigenvalue weighted by atomic mass is 10.1. The normalized spacial score (nSPS) is 11.1. The van der Waals surface area contributed by atoms with Crippen molar-refractivity contribution in [3.63, 3.8) is 0 Å². The predicted octanol–water partition coefficient (Wildman–Crippen LogP) is 5.41. The van der Waals surface area contributed by atoms with Gasteiger partial charge in [0.05, 0.1) is 17.6 Å². The van der Waals surface area contributed by atoms with Crippen LogP contribution in [0, 0.1) is 6.92 Å². The maximum atomic E-state index is 13.5. The summed E-state index contributed by atoms with van der Waals surface area (Å²) in [5.74, 6) is 0.479. The van der Waals surface area contributed by atoms with Gasteiger partial charge in [0.1, 0.15) is 17.2 Å². The molecule has 3 amide bonds.